The van der Waals surface area contributed by atoms with E-state index in [2.05, 4.69) is 14.7 Å². The summed E-state index contributed by atoms with van der Waals surface area (Å²) < 4.78 is 76.6. The minimum Gasteiger partial charge on any atom is -0.239 e. The number of sulfone groups is 2. The zero-order valence-electron chi connectivity index (χ0n) is 16.7. The number of rotatable bonds is 8. The summed E-state index contributed by atoms with van der Waals surface area (Å²) in [5, 5.41) is 0. The quantitative estimate of drug-likeness (QED) is 0.473. The Balaban J connectivity index is 2.08. The van der Waals surface area contributed by atoms with E-state index in [1.807, 2.05) is 0 Å². The lowest BCUT2D eigenvalue weighted by molar-refractivity contribution is 0.583. The molecule has 0 fully saturated rings. The SMILES string of the molecule is CNS(=O)(=O)c1ccc(N=CC(S(=O)(=O)c2ccccc2)S(=O)(=O)c2ccccc2)nc1. The number of hydrogen-bond donors (Lipinski definition) is 1. The molecule has 3 aromatic rings. The minimum absolute atomic E-state index is 0.0587. The molecule has 0 aliphatic carbocycles. The number of benzene rings is 2. The first-order chi connectivity index (χ1) is 15.1. The van der Waals surface area contributed by atoms with E-state index in [0.717, 1.165) is 12.4 Å². The van der Waals surface area contributed by atoms with Crippen LogP contribution in [-0.2, 0) is 29.7 Å². The van der Waals surface area contributed by atoms with Crippen LogP contribution in [0.5, 0.6) is 0 Å². The normalized spacial score (nSPS) is 12.9. The average molecular weight is 494 g/mol. The molecule has 0 radical (unpaired) electrons. The lowest BCUT2D eigenvalue weighted by Gasteiger charge is -2.15. The second kappa shape index (κ2) is 9.28. The van der Waals surface area contributed by atoms with E-state index >= 15 is 0 Å². The minimum atomic E-state index is -4.38. The zero-order chi connectivity index (χ0) is 23.4. The molecule has 0 aliphatic rings. The van der Waals surface area contributed by atoms with E-state index in [4.69, 9.17) is 0 Å². The van der Waals surface area contributed by atoms with Gasteiger partial charge in [-0.15, -0.1) is 0 Å². The molecule has 9 nitrogen and oxygen atoms in total. The van der Waals surface area contributed by atoms with Crippen LogP contribution in [0.2, 0.25) is 0 Å². The van der Waals surface area contributed by atoms with Crippen molar-refractivity contribution in [3.05, 3.63) is 79.0 Å². The van der Waals surface area contributed by atoms with Crippen molar-refractivity contribution < 1.29 is 25.3 Å². The fraction of sp³-hybridized carbons (Fsp3) is 0.100. The molecule has 0 bridgehead atoms. The number of sulfonamides is 1. The smallest absolute Gasteiger partial charge is 0.239 e. The lowest BCUT2D eigenvalue weighted by Crippen LogP contribution is -2.32. The highest BCUT2D eigenvalue weighted by Crippen LogP contribution is 2.25. The fourth-order valence-corrected chi connectivity index (χ4v) is 7.41. The van der Waals surface area contributed by atoms with Gasteiger partial charge in [-0.25, -0.2) is 40.0 Å². The highest BCUT2D eigenvalue weighted by molar-refractivity contribution is 8.10. The van der Waals surface area contributed by atoms with Crippen LogP contribution in [0.15, 0.2) is 98.7 Å². The maximum absolute atomic E-state index is 13.2. The van der Waals surface area contributed by atoms with Crippen LogP contribution in [0.4, 0.5) is 5.82 Å². The van der Waals surface area contributed by atoms with E-state index in [1.165, 1.54) is 67.7 Å². The summed E-state index contributed by atoms with van der Waals surface area (Å²) in [6, 6.07) is 16.8. The Hall–Kier alpha value is -2.93. The predicted molar refractivity (Wildman–Crippen MR) is 120 cm³/mol. The summed E-state index contributed by atoms with van der Waals surface area (Å²) in [5.74, 6) is -0.0587. The lowest BCUT2D eigenvalue weighted by atomic mass is 10.4. The van der Waals surface area contributed by atoms with Gasteiger partial charge in [-0.2, -0.15) is 0 Å². The van der Waals surface area contributed by atoms with Crippen molar-refractivity contribution in [2.45, 2.75) is 19.3 Å². The largest absolute Gasteiger partial charge is 0.241 e. The summed E-state index contributed by atoms with van der Waals surface area (Å²) in [6.07, 6.45) is 1.82. The first kappa shape index (κ1) is 23.7. The second-order valence-electron chi connectivity index (χ2n) is 6.42. The summed E-state index contributed by atoms with van der Waals surface area (Å²) in [5.41, 5.74) is 0. The molecule has 2 aromatic carbocycles. The number of aromatic nitrogens is 1. The molecule has 168 valence electrons. The van der Waals surface area contributed by atoms with Crippen molar-refractivity contribution in [1.29, 1.82) is 0 Å². The van der Waals surface area contributed by atoms with E-state index in [9.17, 15) is 25.3 Å². The van der Waals surface area contributed by atoms with Crippen LogP contribution in [0, 0.1) is 0 Å². The van der Waals surface area contributed by atoms with Crippen molar-refractivity contribution in [1.82, 2.24) is 9.71 Å². The van der Waals surface area contributed by atoms with Crippen LogP contribution < -0.4 is 4.72 Å². The fourth-order valence-electron chi connectivity index (χ4n) is 2.68. The van der Waals surface area contributed by atoms with Gasteiger partial charge in [-0.1, -0.05) is 36.4 Å². The molecule has 12 heteroatoms. The Bertz CT molecular complexity index is 1350. The van der Waals surface area contributed by atoms with Crippen molar-refractivity contribution in [3.63, 3.8) is 0 Å². The first-order valence-electron chi connectivity index (χ1n) is 9.11. The van der Waals surface area contributed by atoms with Gasteiger partial charge in [0.15, 0.2) is 5.82 Å². The monoisotopic (exact) mass is 493 g/mol. The third kappa shape index (κ3) is 4.93. The molecule has 0 aliphatic heterocycles. The summed E-state index contributed by atoms with van der Waals surface area (Å²) in [4.78, 5) is 7.31. The standard InChI is InChI=1S/C20H19N3O6S3/c1-21-32(28,29)18-12-13-19(22-14-18)23-15-20(30(24,25)16-8-4-2-5-9-16)31(26,27)17-10-6-3-7-11-17/h2-15,20-21H,1H3. The van der Waals surface area contributed by atoms with Gasteiger partial charge in [-0.3, -0.25) is 0 Å². The van der Waals surface area contributed by atoms with E-state index in [1.54, 1.807) is 12.1 Å². The number of nitrogens with one attached hydrogen (secondary N) is 1. The average Bonchev–Trinajstić information content (AvgIpc) is 2.80. The van der Waals surface area contributed by atoms with Gasteiger partial charge in [0.2, 0.25) is 34.3 Å². The molecule has 32 heavy (non-hydrogen) atoms. The van der Waals surface area contributed by atoms with E-state index in [-0.39, 0.29) is 20.5 Å². The van der Waals surface area contributed by atoms with Crippen molar-refractivity contribution >= 4 is 41.7 Å². The Morgan fingerprint density at radius 2 is 1.25 bits per heavy atom. The molecule has 1 heterocycles. The van der Waals surface area contributed by atoms with Crippen molar-refractivity contribution in [2.24, 2.45) is 4.99 Å². The molecule has 0 atom stereocenters. The maximum Gasteiger partial charge on any atom is 0.241 e. The molecule has 0 saturated heterocycles. The third-order valence-electron chi connectivity index (χ3n) is 4.38. The van der Waals surface area contributed by atoms with Gasteiger partial charge in [0.05, 0.1) is 9.79 Å². The Kier molecular flexibility index (Phi) is 6.88. The van der Waals surface area contributed by atoms with Crippen molar-refractivity contribution in [2.75, 3.05) is 7.05 Å². The highest BCUT2D eigenvalue weighted by Gasteiger charge is 2.38. The Morgan fingerprint density at radius 3 is 1.66 bits per heavy atom. The van der Waals surface area contributed by atoms with Crippen LogP contribution in [0.1, 0.15) is 0 Å². The summed E-state index contributed by atoms with van der Waals surface area (Å²) in [7, 11) is -11.2. The van der Waals surface area contributed by atoms with Gasteiger partial charge in [0, 0.05) is 12.4 Å². The Labute approximate surface area is 186 Å². The van der Waals surface area contributed by atoms with Crippen LogP contribution in [0.3, 0.4) is 0 Å². The molecule has 3 rings (SSSR count). The molecule has 1 aromatic heterocycles. The number of nitrogens with zero attached hydrogens (tertiary/aromatic N) is 2. The van der Waals surface area contributed by atoms with Gasteiger partial charge in [0.1, 0.15) is 4.90 Å². The number of aliphatic imine (C=N–C) groups is 1. The molecular formula is C20H19N3O6S3. The predicted octanol–water partition coefficient (Wildman–Crippen LogP) is 1.97. The van der Waals surface area contributed by atoms with Crippen LogP contribution in [-0.4, -0.2) is 48.1 Å². The highest BCUT2D eigenvalue weighted by atomic mass is 32.3. The number of pyridine rings is 1. The summed E-state index contributed by atoms with van der Waals surface area (Å²) >= 11 is 0. The third-order valence-corrected chi connectivity index (χ3v) is 10.6. The van der Waals surface area contributed by atoms with Gasteiger partial charge < -0.3 is 0 Å². The molecule has 0 saturated carbocycles. The van der Waals surface area contributed by atoms with Gasteiger partial charge in [-0.05, 0) is 43.4 Å². The second-order valence-corrected chi connectivity index (χ2v) is 12.7. The summed E-state index contributed by atoms with van der Waals surface area (Å²) in [6.45, 7) is 0. The molecule has 0 spiro atoms. The van der Waals surface area contributed by atoms with Gasteiger partial charge >= 0.3 is 0 Å². The molecule has 1 N–H and O–H groups in total. The molecule has 0 amide bonds. The number of hydrogen-bond acceptors (Lipinski definition) is 8. The van der Waals surface area contributed by atoms with E-state index < -0.39 is 34.3 Å². The van der Waals surface area contributed by atoms with Crippen molar-refractivity contribution in [3.8, 4) is 0 Å². The molecule has 0 unspecified atom stereocenters. The van der Waals surface area contributed by atoms with E-state index in [0.29, 0.717) is 0 Å². The maximum atomic E-state index is 13.2. The van der Waals surface area contributed by atoms with Crippen LogP contribution in [0.25, 0.3) is 0 Å². The van der Waals surface area contributed by atoms with Gasteiger partial charge in [0.25, 0.3) is 0 Å². The topological polar surface area (TPSA) is 140 Å². The molecular weight excluding hydrogens is 474 g/mol. The zero-order valence-corrected chi connectivity index (χ0v) is 19.2. The van der Waals surface area contributed by atoms with Crippen LogP contribution >= 0.6 is 0 Å². The Morgan fingerprint density at radius 1 is 0.750 bits per heavy atom. The first-order valence-corrected chi connectivity index (χ1v) is 13.7.